The molecular weight excluding hydrogens is 252 g/mol. The molecule has 2 aliphatic carbocycles. The molecule has 0 saturated heterocycles. The third-order valence-corrected chi connectivity index (χ3v) is 5.25. The topological polar surface area (TPSA) is 49.7 Å². The summed E-state index contributed by atoms with van der Waals surface area (Å²) in [6.07, 6.45) is 3.24. The molecule has 2 aliphatic rings. The first-order valence-corrected chi connectivity index (χ1v) is 7.11. The van der Waals surface area contributed by atoms with E-state index in [2.05, 4.69) is 6.92 Å². The highest BCUT2D eigenvalue weighted by Crippen LogP contribution is 2.63. The fourth-order valence-electron chi connectivity index (χ4n) is 4.30. The first-order valence-electron chi connectivity index (χ1n) is 7.11. The average molecular weight is 270 g/mol. The molecule has 1 fully saturated rings. The minimum atomic E-state index is 0.0235. The van der Waals surface area contributed by atoms with E-state index in [4.69, 9.17) is 4.74 Å². The maximum atomic E-state index is 10.7. The van der Waals surface area contributed by atoms with Gasteiger partial charge in [-0.25, -0.2) is 0 Å². The summed E-state index contributed by atoms with van der Waals surface area (Å²) in [6, 6.07) is 5.46. The second-order valence-corrected chi connectivity index (χ2v) is 6.40. The van der Waals surface area contributed by atoms with Crippen LogP contribution in [-0.4, -0.2) is 17.3 Å². The summed E-state index contributed by atoms with van der Waals surface area (Å²) in [5.74, 6) is 1.76. The number of phenolic OH excluding ortho intramolecular Hbond substituents is 2. The van der Waals surface area contributed by atoms with E-state index < -0.39 is 0 Å². The van der Waals surface area contributed by atoms with Crippen LogP contribution in [0.15, 0.2) is 18.2 Å². The number of phenols is 2. The lowest BCUT2D eigenvalue weighted by Gasteiger charge is -2.27. The maximum absolute atomic E-state index is 10.7. The Balaban J connectivity index is 2.12. The molecule has 2 bridgehead atoms. The van der Waals surface area contributed by atoms with Crippen molar-refractivity contribution in [3.05, 3.63) is 29.3 Å². The Hall–Kier alpha value is -1.90. The third-order valence-electron chi connectivity index (χ3n) is 5.25. The molecule has 2 N–H and O–H groups in total. The number of hydrogen-bond donors (Lipinski definition) is 2. The number of methoxy groups -OCH3 is 1. The Morgan fingerprint density at radius 2 is 2.00 bits per heavy atom. The summed E-state index contributed by atoms with van der Waals surface area (Å²) in [6.45, 7) is 2.20. The predicted octanol–water partition coefficient (Wildman–Crippen LogP) is 3.80. The smallest absolute Gasteiger partial charge is 0.127 e. The van der Waals surface area contributed by atoms with Crippen molar-refractivity contribution in [3.8, 4) is 17.2 Å². The molecule has 3 nitrogen and oxygen atoms in total. The molecule has 20 heavy (non-hydrogen) atoms. The Kier molecular flexibility index (Phi) is 2.14. The molecule has 0 aromatic heterocycles. The number of hydrogen-bond acceptors (Lipinski definition) is 3. The van der Waals surface area contributed by atoms with Crippen LogP contribution >= 0.6 is 0 Å². The first kappa shape index (κ1) is 11.9. The maximum Gasteiger partial charge on any atom is 0.127 e. The summed E-state index contributed by atoms with van der Waals surface area (Å²) in [5.41, 5.74) is 1.97. The highest BCUT2D eigenvalue weighted by Gasteiger charge is 2.49. The zero-order valence-corrected chi connectivity index (χ0v) is 11.7. The van der Waals surface area contributed by atoms with Crippen molar-refractivity contribution in [2.24, 2.45) is 0 Å². The molecule has 3 heteroatoms. The van der Waals surface area contributed by atoms with Gasteiger partial charge in [-0.3, -0.25) is 0 Å². The quantitative estimate of drug-likeness (QED) is 0.775. The van der Waals surface area contributed by atoms with Crippen molar-refractivity contribution in [1.82, 2.24) is 0 Å². The number of aromatic hydroxyl groups is 2. The van der Waals surface area contributed by atoms with Gasteiger partial charge in [0.15, 0.2) is 0 Å². The molecule has 0 amide bonds. The van der Waals surface area contributed by atoms with E-state index in [0.29, 0.717) is 28.6 Å². The summed E-state index contributed by atoms with van der Waals surface area (Å²) in [7, 11) is 1.61. The summed E-state index contributed by atoms with van der Waals surface area (Å²) in [5, 5.41) is 22.8. The van der Waals surface area contributed by atoms with Gasteiger partial charge in [0.05, 0.1) is 7.11 Å². The van der Waals surface area contributed by atoms with Gasteiger partial charge in [-0.15, -0.1) is 0 Å². The number of benzene rings is 2. The number of rotatable bonds is 1. The van der Waals surface area contributed by atoms with Crippen LogP contribution in [-0.2, 0) is 5.41 Å². The standard InChI is InChI=1S/C17H18O3/c1-17-6-5-9(8-17)13-14(17)16(19)11-4-3-10(20-2)7-12(11)15(13)18/h3-4,7,9,18-19H,5-6,8H2,1-2H3. The molecule has 4 rings (SSSR count). The van der Waals surface area contributed by atoms with E-state index in [0.717, 1.165) is 35.8 Å². The largest absolute Gasteiger partial charge is 0.507 e. The van der Waals surface area contributed by atoms with Gasteiger partial charge in [0.25, 0.3) is 0 Å². The second-order valence-electron chi connectivity index (χ2n) is 6.40. The normalized spacial score (nSPS) is 27.0. The Morgan fingerprint density at radius 1 is 1.20 bits per heavy atom. The zero-order valence-electron chi connectivity index (χ0n) is 11.7. The van der Waals surface area contributed by atoms with Gasteiger partial charge >= 0.3 is 0 Å². The van der Waals surface area contributed by atoms with Crippen LogP contribution in [0, 0.1) is 0 Å². The van der Waals surface area contributed by atoms with Gasteiger partial charge in [-0.2, -0.15) is 0 Å². The lowest BCUT2D eigenvalue weighted by atomic mass is 9.79. The summed E-state index contributed by atoms with van der Waals surface area (Å²) in [4.78, 5) is 0. The average Bonchev–Trinajstić information content (AvgIpc) is 2.97. The zero-order chi connectivity index (χ0) is 14.1. The van der Waals surface area contributed by atoms with Crippen LogP contribution < -0.4 is 4.74 Å². The Labute approximate surface area is 117 Å². The molecule has 0 aliphatic heterocycles. The van der Waals surface area contributed by atoms with Crippen LogP contribution in [0.1, 0.15) is 43.2 Å². The molecule has 2 aromatic carbocycles. The van der Waals surface area contributed by atoms with Crippen LogP contribution in [0.25, 0.3) is 10.8 Å². The van der Waals surface area contributed by atoms with E-state index in [1.807, 2.05) is 12.1 Å². The van der Waals surface area contributed by atoms with Crippen LogP contribution in [0.3, 0.4) is 0 Å². The molecule has 0 radical (unpaired) electrons. The molecule has 2 unspecified atom stereocenters. The van der Waals surface area contributed by atoms with Crippen molar-refractivity contribution in [1.29, 1.82) is 0 Å². The van der Waals surface area contributed by atoms with E-state index in [9.17, 15) is 10.2 Å². The van der Waals surface area contributed by atoms with Crippen LogP contribution in [0.5, 0.6) is 17.2 Å². The van der Waals surface area contributed by atoms with E-state index in [1.165, 1.54) is 0 Å². The van der Waals surface area contributed by atoms with Crippen molar-refractivity contribution < 1.29 is 14.9 Å². The lowest BCUT2D eigenvalue weighted by Crippen LogP contribution is -2.16. The fourth-order valence-corrected chi connectivity index (χ4v) is 4.30. The van der Waals surface area contributed by atoms with Gasteiger partial charge in [0, 0.05) is 21.9 Å². The van der Waals surface area contributed by atoms with Crippen molar-refractivity contribution >= 4 is 10.8 Å². The van der Waals surface area contributed by atoms with Gasteiger partial charge in [-0.1, -0.05) is 6.92 Å². The van der Waals surface area contributed by atoms with Crippen LogP contribution in [0.4, 0.5) is 0 Å². The highest BCUT2D eigenvalue weighted by molar-refractivity contribution is 5.97. The minimum Gasteiger partial charge on any atom is -0.507 e. The monoisotopic (exact) mass is 270 g/mol. The van der Waals surface area contributed by atoms with Gasteiger partial charge in [0.2, 0.25) is 0 Å². The molecule has 1 saturated carbocycles. The minimum absolute atomic E-state index is 0.0235. The predicted molar refractivity (Wildman–Crippen MR) is 77.8 cm³/mol. The van der Waals surface area contributed by atoms with Gasteiger partial charge in [0.1, 0.15) is 17.2 Å². The van der Waals surface area contributed by atoms with E-state index in [1.54, 1.807) is 13.2 Å². The van der Waals surface area contributed by atoms with E-state index in [-0.39, 0.29) is 5.41 Å². The lowest BCUT2D eigenvalue weighted by molar-refractivity contribution is 0.414. The number of ether oxygens (including phenoxy) is 1. The SMILES string of the molecule is COc1ccc2c(O)c3c(c(O)c2c1)C1CCC3(C)C1. The van der Waals surface area contributed by atoms with Crippen LogP contribution in [0.2, 0.25) is 0 Å². The molecule has 104 valence electrons. The van der Waals surface area contributed by atoms with Crippen molar-refractivity contribution in [3.63, 3.8) is 0 Å². The fraction of sp³-hybridized carbons (Fsp3) is 0.412. The molecule has 2 aromatic rings. The third kappa shape index (κ3) is 1.25. The molecule has 2 atom stereocenters. The number of fused-ring (bicyclic) bond motifs is 6. The van der Waals surface area contributed by atoms with Gasteiger partial charge in [-0.05, 0) is 48.8 Å². The van der Waals surface area contributed by atoms with Crippen molar-refractivity contribution in [2.45, 2.75) is 37.5 Å². The Bertz CT molecular complexity index is 735. The molecule has 0 heterocycles. The Morgan fingerprint density at radius 3 is 2.75 bits per heavy atom. The summed E-state index contributed by atoms with van der Waals surface area (Å²) >= 11 is 0. The molecular formula is C17H18O3. The van der Waals surface area contributed by atoms with Gasteiger partial charge < -0.3 is 14.9 Å². The first-order chi connectivity index (χ1) is 9.55. The molecule has 0 spiro atoms. The highest BCUT2D eigenvalue weighted by atomic mass is 16.5. The van der Waals surface area contributed by atoms with E-state index >= 15 is 0 Å². The van der Waals surface area contributed by atoms with Crippen molar-refractivity contribution in [2.75, 3.05) is 7.11 Å². The summed E-state index contributed by atoms with van der Waals surface area (Å²) < 4.78 is 5.23. The second kappa shape index (κ2) is 3.60.